The first-order valence-corrected chi connectivity index (χ1v) is 10.9. The molecular formula is C22H35N5O2. The number of benzene rings is 1. The third-order valence-electron chi connectivity index (χ3n) is 5.56. The average molecular weight is 402 g/mol. The van der Waals surface area contributed by atoms with Gasteiger partial charge in [0.2, 0.25) is 0 Å². The highest BCUT2D eigenvalue weighted by molar-refractivity contribution is 5.97. The first kappa shape index (κ1) is 21.4. The number of fused-ring (bicyclic) bond motifs is 1. The van der Waals surface area contributed by atoms with E-state index >= 15 is 0 Å². The summed E-state index contributed by atoms with van der Waals surface area (Å²) in [6.07, 6.45) is 3.09. The van der Waals surface area contributed by atoms with Gasteiger partial charge in [-0.1, -0.05) is 12.1 Å². The predicted molar refractivity (Wildman–Crippen MR) is 118 cm³/mol. The first-order valence-electron chi connectivity index (χ1n) is 10.9. The van der Waals surface area contributed by atoms with Gasteiger partial charge in [0, 0.05) is 44.8 Å². The molecule has 0 atom stereocenters. The van der Waals surface area contributed by atoms with Gasteiger partial charge in [-0.05, 0) is 52.2 Å². The third-order valence-corrected chi connectivity index (χ3v) is 5.56. The molecule has 0 radical (unpaired) electrons. The number of nitrogens with one attached hydrogen (secondary N) is 2. The van der Waals surface area contributed by atoms with Crippen molar-refractivity contribution >= 4 is 17.6 Å². The fourth-order valence-corrected chi connectivity index (χ4v) is 3.89. The predicted octanol–water partition coefficient (Wildman–Crippen LogP) is 2.23. The molecule has 7 nitrogen and oxygen atoms in total. The first-order chi connectivity index (χ1) is 14.1. The number of guanidine groups is 1. The molecule has 0 spiro atoms. The van der Waals surface area contributed by atoms with Gasteiger partial charge in [-0.2, -0.15) is 0 Å². The molecule has 0 bridgehead atoms. The molecule has 1 amide bonds. The van der Waals surface area contributed by atoms with Crippen LogP contribution in [-0.4, -0.2) is 68.2 Å². The second-order valence-electron chi connectivity index (χ2n) is 7.96. The van der Waals surface area contributed by atoms with Gasteiger partial charge in [-0.25, -0.2) is 0 Å². The van der Waals surface area contributed by atoms with E-state index in [1.807, 2.05) is 29.2 Å². The summed E-state index contributed by atoms with van der Waals surface area (Å²) in [4.78, 5) is 21.3. The Labute approximate surface area is 174 Å². The molecule has 0 saturated carbocycles. The van der Waals surface area contributed by atoms with Crippen LogP contribution in [0.2, 0.25) is 0 Å². The highest BCUT2D eigenvalue weighted by atomic mass is 16.5. The zero-order chi connectivity index (χ0) is 20.6. The Kier molecular flexibility index (Phi) is 7.75. The van der Waals surface area contributed by atoms with Crippen LogP contribution in [0, 0.1) is 0 Å². The summed E-state index contributed by atoms with van der Waals surface area (Å²) in [6.45, 7) is 11.1. The van der Waals surface area contributed by atoms with Crippen molar-refractivity contribution in [2.24, 2.45) is 4.99 Å². The number of piperidine rings is 1. The van der Waals surface area contributed by atoms with Crippen LogP contribution >= 0.6 is 0 Å². The van der Waals surface area contributed by atoms with Crippen molar-refractivity contribution in [3.63, 3.8) is 0 Å². The van der Waals surface area contributed by atoms with Gasteiger partial charge in [0.05, 0.1) is 5.69 Å². The van der Waals surface area contributed by atoms with E-state index in [4.69, 9.17) is 9.73 Å². The van der Waals surface area contributed by atoms with Crippen molar-refractivity contribution in [3.8, 4) is 5.75 Å². The second-order valence-corrected chi connectivity index (χ2v) is 7.96. The van der Waals surface area contributed by atoms with E-state index in [-0.39, 0.29) is 12.5 Å². The minimum absolute atomic E-state index is 0.00891. The molecule has 2 N–H and O–H groups in total. The summed E-state index contributed by atoms with van der Waals surface area (Å²) >= 11 is 0. The van der Waals surface area contributed by atoms with E-state index in [0.717, 1.165) is 56.3 Å². The maximum Gasteiger partial charge on any atom is 0.265 e. The van der Waals surface area contributed by atoms with Crippen LogP contribution in [0.1, 0.15) is 40.0 Å². The number of aliphatic imine (C=N–C) groups is 1. The molecule has 0 unspecified atom stereocenters. The van der Waals surface area contributed by atoms with Gasteiger partial charge >= 0.3 is 0 Å². The lowest BCUT2D eigenvalue weighted by Gasteiger charge is -2.35. The van der Waals surface area contributed by atoms with Crippen LogP contribution in [-0.2, 0) is 4.79 Å². The number of hydrogen-bond acceptors (Lipinski definition) is 4. The number of nitrogens with zero attached hydrogens (tertiary/aromatic N) is 3. The summed E-state index contributed by atoms with van der Waals surface area (Å²) in [7, 11) is 0. The van der Waals surface area contributed by atoms with E-state index < -0.39 is 0 Å². The highest BCUT2D eigenvalue weighted by Gasteiger charge is 2.24. The largest absolute Gasteiger partial charge is 0.482 e. The lowest BCUT2D eigenvalue weighted by molar-refractivity contribution is -0.121. The Bertz CT molecular complexity index is 698. The maximum atomic E-state index is 12.3. The summed E-state index contributed by atoms with van der Waals surface area (Å²) in [5.74, 6) is 1.66. The van der Waals surface area contributed by atoms with E-state index in [0.29, 0.717) is 25.2 Å². The highest BCUT2D eigenvalue weighted by Crippen LogP contribution is 2.31. The minimum atomic E-state index is 0.00891. The lowest BCUT2D eigenvalue weighted by atomic mass is 10.0. The van der Waals surface area contributed by atoms with Crippen LogP contribution in [0.5, 0.6) is 5.75 Å². The summed E-state index contributed by atoms with van der Waals surface area (Å²) in [5, 5.41) is 6.94. The number of carbonyl (C=O) groups excluding carboxylic acids is 1. The quantitative estimate of drug-likeness (QED) is 0.417. The topological polar surface area (TPSA) is 69.2 Å². The third kappa shape index (κ3) is 5.85. The van der Waals surface area contributed by atoms with Crippen LogP contribution in [0.15, 0.2) is 29.3 Å². The number of rotatable bonds is 7. The van der Waals surface area contributed by atoms with Gasteiger partial charge in [-0.3, -0.25) is 9.79 Å². The average Bonchev–Trinajstić information content (AvgIpc) is 2.73. The van der Waals surface area contributed by atoms with Gasteiger partial charge in [0.1, 0.15) is 5.75 Å². The Hall–Kier alpha value is -2.28. The van der Waals surface area contributed by atoms with Gasteiger partial charge < -0.3 is 25.2 Å². The summed E-state index contributed by atoms with van der Waals surface area (Å²) < 4.78 is 5.51. The van der Waals surface area contributed by atoms with E-state index in [2.05, 4.69) is 36.3 Å². The van der Waals surface area contributed by atoms with Gasteiger partial charge in [-0.15, -0.1) is 0 Å². The van der Waals surface area contributed by atoms with Crippen molar-refractivity contribution in [3.05, 3.63) is 24.3 Å². The zero-order valence-electron chi connectivity index (χ0n) is 18.0. The number of ether oxygens (including phenoxy) is 1. The number of amides is 1. The number of para-hydroxylation sites is 2. The van der Waals surface area contributed by atoms with Crippen LogP contribution < -0.4 is 20.3 Å². The summed E-state index contributed by atoms with van der Waals surface area (Å²) in [6, 6.07) is 8.79. The zero-order valence-corrected chi connectivity index (χ0v) is 18.0. The Morgan fingerprint density at radius 2 is 2.03 bits per heavy atom. The van der Waals surface area contributed by atoms with E-state index in [9.17, 15) is 4.79 Å². The SMILES string of the molecule is CCNC(=NCCCN1C(=O)COc2ccccc21)NC1CCN(C(C)C)CC1. The molecule has 1 saturated heterocycles. The number of hydrogen-bond donors (Lipinski definition) is 2. The fourth-order valence-electron chi connectivity index (χ4n) is 3.89. The maximum absolute atomic E-state index is 12.3. The number of likely N-dealkylation sites (tertiary alicyclic amines) is 1. The molecule has 1 aromatic carbocycles. The Morgan fingerprint density at radius 1 is 1.28 bits per heavy atom. The van der Waals surface area contributed by atoms with Crippen molar-refractivity contribution in [2.45, 2.75) is 52.1 Å². The minimum Gasteiger partial charge on any atom is -0.482 e. The van der Waals surface area contributed by atoms with E-state index in [1.165, 1.54) is 0 Å². The molecule has 160 valence electrons. The smallest absolute Gasteiger partial charge is 0.265 e. The molecule has 2 aliphatic rings. The van der Waals surface area contributed by atoms with Crippen LogP contribution in [0.3, 0.4) is 0 Å². The standard InChI is InChI=1S/C22H35N5O2/c1-4-23-22(25-18-10-14-26(15-11-18)17(2)3)24-12-7-13-27-19-8-5-6-9-20(19)29-16-21(27)28/h5-6,8-9,17-18H,4,7,10-16H2,1-3H3,(H2,23,24,25). The second kappa shape index (κ2) is 10.5. The molecule has 2 aliphatic heterocycles. The van der Waals surface area contributed by atoms with Crippen molar-refractivity contribution < 1.29 is 9.53 Å². The number of carbonyl (C=O) groups is 1. The molecule has 2 heterocycles. The van der Waals surface area contributed by atoms with Gasteiger partial charge in [0.25, 0.3) is 5.91 Å². The molecule has 3 rings (SSSR count). The van der Waals surface area contributed by atoms with Crippen molar-refractivity contribution in [1.29, 1.82) is 0 Å². The monoisotopic (exact) mass is 401 g/mol. The molecule has 1 aromatic rings. The van der Waals surface area contributed by atoms with Crippen molar-refractivity contribution in [1.82, 2.24) is 15.5 Å². The summed E-state index contributed by atoms with van der Waals surface area (Å²) in [5.41, 5.74) is 0.856. The molecular weight excluding hydrogens is 366 g/mol. The molecule has 7 heteroatoms. The van der Waals surface area contributed by atoms with Crippen LogP contribution in [0.25, 0.3) is 0 Å². The molecule has 0 aromatic heterocycles. The Morgan fingerprint density at radius 3 is 2.76 bits per heavy atom. The molecule has 0 aliphatic carbocycles. The number of anilines is 1. The van der Waals surface area contributed by atoms with Crippen LogP contribution in [0.4, 0.5) is 5.69 Å². The lowest BCUT2D eigenvalue weighted by Crippen LogP contribution is -2.49. The molecule has 29 heavy (non-hydrogen) atoms. The molecule has 1 fully saturated rings. The normalized spacial score (nSPS) is 18.6. The van der Waals surface area contributed by atoms with Crippen molar-refractivity contribution in [2.75, 3.05) is 44.2 Å². The fraction of sp³-hybridized carbons (Fsp3) is 0.636. The Balaban J connectivity index is 1.49. The van der Waals surface area contributed by atoms with E-state index in [1.54, 1.807) is 0 Å². The van der Waals surface area contributed by atoms with Gasteiger partial charge in [0.15, 0.2) is 12.6 Å².